The van der Waals surface area contributed by atoms with E-state index in [1.165, 1.54) is 23.3 Å². The molecule has 1 aliphatic heterocycles. The number of hydrogen-bond acceptors (Lipinski definition) is 4. The summed E-state index contributed by atoms with van der Waals surface area (Å²) in [4.78, 5) is 4.47. The Bertz CT molecular complexity index is 567. The quantitative estimate of drug-likeness (QED) is 0.926. The van der Waals surface area contributed by atoms with Gasteiger partial charge in [0.25, 0.3) is 0 Å². The fourth-order valence-corrected chi connectivity index (χ4v) is 3.69. The number of anilines is 1. The van der Waals surface area contributed by atoms with Gasteiger partial charge < -0.3 is 10.1 Å². The van der Waals surface area contributed by atoms with Crippen LogP contribution in [0.25, 0.3) is 10.8 Å². The van der Waals surface area contributed by atoms with E-state index in [-0.39, 0.29) is 0 Å². The van der Waals surface area contributed by atoms with E-state index in [1.807, 2.05) is 36.2 Å². The van der Waals surface area contributed by atoms with Crippen molar-refractivity contribution < 1.29 is 4.74 Å². The molecule has 3 nitrogen and oxygen atoms in total. The van der Waals surface area contributed by atoms with Gasteiger partial charge in [-0.3, -0.25) is 0 Å². The van der Waals surface area contributed by atoms with E-state index in [1.54, 1.807) is 7.11 Å². The minimum Gasteiger partial charge on any atom is -0.497 e. The lowest BCUT2D eigenvalue weighted by atomic mass is 10.1. The summed E-state index contributed by atoms with van der Waals surface area (Å²) in [6, 6.07) is 8.14. The lowest BCUT2D eigenvalue weighted by Gasteiger charge is -2.13. The Morgan fingerprint density at radius 3 is 3.16 bits per heavy atom. The number of aromatic nitrogens is 1. The normalized spacial score (nSPS) is 18.7. The van der Waals surface area contributed by atoms with Crippen LogP contribution in [0, 0.1) is 5.92 Å². The maximum atomic E-state index is 5.30. The molecule has 1 atom stereocenters. The minimum absolute atomic E-state index is 0.771. The predicted molar refractivity (Wildman–Crippen MR) is 82.2 cm³/mol. The van der Waals surface area contributed by atoms with E-state index in [9.17, 15) is 0 Å². The molecule has 0 radical (unpaired) electrons. The molecular formula is C15H18N2OS. The molecule has 4 heteroatoms. The van der Waals surface area contributed by atoms with Gasteiger partial charge in [-0.15, -0.1) is 0 Å². The van der Waals surface area contributed by atoms with E-state index in [0.29, 0.717) is 0 Å². The summed E-state index contributed by atoms with van der Waals surface area (Å²) >= 11 is 2.05. The van der Waals surface area contributed by atoms with Crippen LogP contribution in [0.3, 0.4) is 0 Å². The summed E-state index contributed by atoms with van der Waals surface area (Å²) in [5.74, 6) is 5.17. The fourth-order valence-electron chi connectivity index (χ4n) is 2.40. The van der Waals surface area contributed by atoms with Crippen LogP contribution >= 0.6 is 11.8 Å². The number of nitrogens with zero attached hydrogens (tertiary/aromatic N) is 1. The molecule has 0 bridgehead atoms. The first-order chi connectivity index (χ1) is 9.36. The number of rotatable bonds is 4. The lowest BCUT2D eigenvalue weighted by molar-refractivity contribution is 0.415. The van der Waals surface area contributed by atoms with Gasteiger partial charge in [0.2, 0.25) is 0 Å². The largest absolute Gasteiger partial charge is 0.497 e. The van der Waals surface area contributed by atoms with Gasteiger partial charge in [0.1, 0.15) is 11.6 Å². The van der Waals surface area contributed by atoms with Crippen molar-refractivity contribution in [2.45, 2.75) is 6.42 Å². The number of pyridine rings is 1. The zero-order chi connectivity index (χ0) is 13.1. The van der Waals surface area contributed by atoms with Crippen LogP contribution in [0.5, 0.6) is 5.75 Å². The molecule has 100 valence electrons. The highest BCUT2D eigenvalue weighted by Gasteiger charge is 2.15. The Hall–Kier alpha value is -1.42. The van der Waals surface area contributed by atoms with Gasteiger partial charge in [-0.2, -0.15) is 11.8 Å². The second-order valence-electron chi connectivity index (χ2n) is 4.86. The molecule has 0 spiro atoms. The van der Waals surface area contributed by atoms with Crippen LogP contribution in [0.4, 0.5) is 5.82 Å². The molecule has 1 unspecified atom stereocenters. The number of fused-ring (bicyclic) bond motifs is 1. The van der Waals surface area contributed by atoms with Crippen molar-refractivity contribution in [2.24, 2.45) is 5.92 Å². The van der Waals surface area contributed by atoms with Gasteiger partial charge >= 0.3 is 0 Å². The first-order valence-corrected chi connectivity index (χ1v) is 7.76. The highest BCUT2D eigenvalue weighted by atomic mass is 32.2. The van der Waals surface area contributed by atoms with Crippen LogP contribution in [-0.4, -0.2) is 30.1 Å². The average molecular weight is 274 g/mol. The summed E-state index contributed by atoms with van der Waals surface area (Å²) in [7, 11) is 1.69. The monoisotopic (exact) mass is 274 g/mol. The SMILES string of the molecule is COc1ccc2ccnc(NCC3CCSC3)c2c1. The van der Waals surface area contributed by atoms with Crippen molar-refractivity contribution in [1.29, 1.82) is 0 Å². The third kappa shape index (κ3) is 2.78. The van der Waals surface area contributed by atoms with E-state index in [2.05, 4.69) is 16.4 Å². The zero-order valence-corrected chi connectivity index (χ0v) is 11.9. The van der Waals surface area contributed by atoms with Gasteiger partial charge in [0.15, 0.2) is 0 Å². The molecular weight excluding hydrogens is 256 g/mol. The van der Waals surface area contributed by atoms with Crippen molar-refractivity contribution in [1.82, 2.24) is 4.98 Å². The van der Waals surface area contributed by atoms with Crippen LogP contribution in [0.2, 0.25) is 0 Å². The Morgan fingerprint density at radius 1 is 1.42 bits per heavy atom. The molecule has 1 aliphatic rings. The molecule has 3 rings (SSSR count). The number of methoxy groups -OCH3 is 1. The molecule has 1 saturated heterocycles. The lowest BCUT2D eigenvalue weighted by Crippen LogP contribution is -2.14. The minimum atomic E-state index is 0.771. The molecule has 0 amide bonds. The number of benzene rings is 1. The molecule has 1 aromatic carbocycles. The Labute approximate surface area is 117 Å². The number of ether oxygens (including phenoxy) is 1. The van der Waals surface area contributed by atoms with E-state index < -0.39 is 0 Å². The van der Waals surface area contributed by atoms with Gasteiger partial charge in [-0.05, 0) is 47.4 Å². The first-order valence-electron chi connectivity index (χ1n) is 6.61. The van der Waals surface area contributed by atoms with Gasteiger partial charge in [0, 0.05) is 18.1 Å². The zero-order valence-electron chi connectivity index (χ0n) is 11.1. The number of hydrogen-bond donors (Lipinski definition) is 1. The van der Waals surface area contributed by atoms with E-state index >= 15 is 0 Å². The summed E-state index contributed by atoms with van der Waals surface area (Å²) in [5.41, 5.74) is 0. The average Bonchev–Trinajstić information content (AvgIpc) is 2.97. The van der Waals surface area contributed by atoms with Gasteiger partial charge in [-0.1, -0.05) is 6.07 Å². The predicted octanol–water partition coefficient (Wildman–Crippen LogP) is 3.41. The molecule has 0 aliphatic carbocycles. The molecule has 2 aromatic rings. The molecule has 19 heavy (non-hydrogen) atoms. The molecule has 1 fully saturated rings. The Kier molecular flexibility index (Phi) is 3.78. The second kappa shape index (κ2) is 5.70. The van der Waals surface area contributed by atoms with Crippen molar-refractivity contribution in [3.63, 3.8) is 0 Å². The van der Waals surface area contributed by atoms with Crippen molar-refractivity contribution in [3.8, 4) is 5.75 Å². The highest BCUT2D eigenvalue weighted by molar-refractivity contribution is 7.99. The smallest absolute Gasteiger partial charge is 0.133 e. The summed E-state index contributed by atoms with van der Waals surface area (Å²) in [6.45, 7) is 1.01. The van der Waals surface area contributed by atoms with Crippen molar-refractivity contribution in [3.05, 3.63) is 30.5 Å². The summed E-state index contributed by atoms with van der Waals surface area (Å²) in [6.07, 6.45) is 3.17. The maximum absolute atomic E-state index is 5.30. The third-order valence-electron chi connectivity index (χ3n) is 3.56. The van der Waals surface area contributed by atoms with Crippen molar-refractivity contribution in [2.75, 3.05) is 30.5 Å². The number of thioether (sulfide) groups is 1. The third-order valence-corrected chi connectivity index (χ3v) is 4.79. The Balaban J connectivity index is 1.84. The van der Waals surface area contributed by atoms with Gasteiger partial charge in [-0.25, -0.2) is 4.98 Å². The molecule has 2 heterocycles. The Morgan fingerprint density at radius 2 is 2.37 bits per heavy atom. The summed E-state index contributed by atoms with van der Waals surface area (Å²) in [5, 5.41) is 5.83. The summed E-state index contributed by atoms with van der Waals surface area (Å²) < 4.78 is 5.30. The van der Waals surface area contributed by atoms with E-state index in [4.69, 9.17) is 4.74 Å². The van der Waals surface area contributed by atoms with Crippen LogP contribution in [-0.2, 0) is 0 Å². The second-order valence-corrected chi connectivity index (χ2v) is 6.01. The molecule has 1 aromatic heterocycles. The van der Waals surface area contributed by atoms with Crippen LogP contribution in [0.1, 0.15) is 6.42 Å². The fraction of sp³-hybridized carbons (Fsp3) is 0.400. The first kappa shape index (κ1) is 12.6. The van der Waals surface area contributed by atoms with Crippen molar-refractivity contribution >= 4 is 28.4 Å². The van der Waals surface area contributed by atoms with Crippen LogP contribution < -0.4 is 10.1 Å². The van der Waals surface area contributed by atoms with E-state index in [0.717, 1.165) is 29.4 Å². The topological polar surface area (TPSA) is 34.1 Å². The van der Waals surface area contributed by atoms with Gasteiger partial charge in [0.05, 0.1) is 7.11 Å². The molecule has 0 saturated carbocycles. The standard InChI is InChI=1S/C15H18N2OS/c1-18-13-3-2-12-4-6-16-15(14(12)8-13)17-9-11-5-7-19-10-11/h2-4,6,8,11H,5,7,9-10H2,1H3,(H,16,17). The highest BCUT2D eigenvalue weighted by Crippen LogP contribution is 2.27. The molecule has 1 N–H and O–H groups in total. The van der Waals surface area contributed by atoms with Crippen LogP contribution in [0.15, 0.2) is 30.5 Å². The maximum Gasteiger partial charge on any atom is 0.133 e. The number of nitrogens with one attached hydrogen (secondary N) is 1.